The summed E-state index contributed by atoms with van der Waals surface area (Å²) in [5.74, 6) is 0.679. The van der Waals surface area contributed by atoms with Gasteiger partial charge in [-0.2, -0.15) is 0 Å². The fourth-order valence-corrected chi connectivity index (χ4v) is 10.8. The highest BCUT2D eigenvalue weighted by Gasteiger charge is 2.35. The van der Waals surface area contributed by atoms with E-state index in [1.165, 1.54) is 82.0 Å². The lowest BCUT2D eigenvalue weighted by molar-refractivity contribution is 0.660. The summed E-state index contributed by atoms with van der Waals surface area (Å²) in [5, 5.41) is 10.2. The quantitative estimate of drug-likeness (QED) is 0.156. The Morgan fingerprint density at radius 3 is 1.46 bits per heavy atom. The smallest absolute Gasteiger partial charge is 0.160 e. The van der Waals surface area contributed by atoms with Gasteiger partial charge in [-0.15, -0.1) is 0 Å². The number of hydrogen-bond acceptors (Lipinski definition) is 3. The second-order valence-corrected chi connectivity index (χ2v) is 18.4. The Kier molecular flexibility index (Phi) is 8.88. The molecular formula is C64H43N3. The van der Waals surface area contributed by atoms with Crippen LogP contribution in [-0.2, 0) is 5.41 Å². The minimum absolute atomic E-state index is 0.0580. The van der Waals surface area contributed by atoms with E-state index in [-0.39, 0.29) is 5.41 Å². The zero-order valence-electron chi connectivity index (χ0n) is 37.2. The van der Waals surface area contributed by atoms with Gasteiger partial charge in [-0.05, 0) is 123 Å². The van der Waals surface area contributed by atoms with E-state index in [9.17, 15) is 0 Å². The molecule has 1 aliphatic rings. The topological polar surface area (TPSA) is 38.7 Å². The largest absolute Gasteiger partial charge is 0.264 e. The first-order chi connectivity index (χ1) is 33.0. The molecule has 0 aliphatic heterocycles. The molecule has 0 radical (unpaired) electrons. The first-order valence-corrected chi connectivity index (χ1v) is 23.1. The van der Waals surface area contributed by atoms with Gasteiger partial charge >= 0.3 is 0 Å². The maximum atomic E-state index is 5.26. The van der Waals surface area contributed by atoms with Crippen molar-refractivity contribution in [1.82, 2.24) is 15.0 Å². The first-order valence-electron chi connectivity index (χ1n) is 23.1. The minimum atomic E-state index is -0.0580. The summed E-state index contributed by atoms with van der Waals surface area (Å²) in [6, 6.07) is 77.1. The standard InChI is InChI=1S/C64H43N3/c1-64(2)58-20-10-9-17-52(58)53-34-33-46(36-59(53)64)40-21-27-43(28-22-40)60-38-61(67-63(66-60)45-31-23-41(24-32-45)47-12-11-35-65-39-47)44-29-25-42(26-30-44)56-37-57-50-15-4-3-13-48(50)49-14-5-7-18-54(49)62(57)55-19-8-6-16-51(55)56/h3-39H,1-2H3. The van der Waals surface area contributed by atoms with E-state index in [4.69, 9.17) is 9.97 Å². The average Bonchev–Trinajstić information content (AvgIpc) is 3.63. The van der Waals surface area contributed by atoms with Gasteiger partial charge in [0.15, 0.2) is 5.82 Å². The fraction of sp³-hybridized carbons (Fsp3) is 0.0469. The SMILES string of the molecule is CC1(C)c2ccccc2-c2ccc(-c3ccc(-c4cc(-c5ccc(-c6cc7c8ccccc8c8ccccc8c7c7ccccc67)cc5)nc(-c5ccc(-c6cccnc6)cc5)n4)cc3)cc21. The fourth-order valence-electron chi connectivity index (χ4n) is 10.8. The molecule has 314 valence electrons. The summed E-state index contributed by atoms with van der Waals surface area (Å²) in [5.41, 5.74) is 17.1. The molecule has 12 aromatic rings. The second-order valence-electron chi connectivity index (χ2n) is 18.4. The molecule has 0 saturated heterocycles. The van der Waals surface area contributed by atoms with Crippen molar-refractivity contribution in [1.29, 1.82) is 0 Å². The molecule has 0 N–H and O–H groups in total. The number of rotatable bonds is 6. The van der Waals surface area contributed by atoms with Crippen LogP contribution in [0.1, 0.15) is 25.0 Å². The van der Waals surface area contributed by atoms with Crippen molar-refractivity contribution in [2.75, 3.05) is 0 Å². The summed E-state index contributed by atoms with van der Waals surface area (Å²) in [6.45, 7) is 4.67. The number of aromatic nitrogens is 3. The molecule has 67 heavy (non-hydrogen) atoms. The molecule has 10 aromatic carbocycles. The zero-order chi connectivity index (χ0) is 44.6. The average molecular weight is 854 g/mol. The van der Waals surface area contributed by atoms with Crippen LogP contribution in [0.5, 0.6) is 0 Å². The van der Waals surface area contributed by atoms with Crippen molar-refractivity contribution in [3.63, 3.8) is 0 Å². The monoisotopic (exact) mass is 853 g/mol. The van der Waals surface area contributed by atoms with Gasteiger partial charge in [-0.1, -0.05) is 202 Å². The number of pyridine rings is 1. The Labute approximate surface area is 389 Å². The van der Waals surface area contributed by atoms with Crippen molar-refractivity contribution in [3.05, 3.63) is 236 Å². The highest BCUT2D eigenvalue weighted by Crippen LogP contribution is 2.50. The molecule has 0 unspecified atom stereocenters. The van der Waals surface area contributed by atoms with E-state index in [1.807, 2.05) is 12.3 Å². The van der Waals surface area contributed by atoms with Gasteiger partial charge in [0.1, 0.15) is 0 Å². The van der Waals surface area contributed by atoms with Crippen molar-refractivity contribution >= 4 is 43.1 Å². The predicted octanol–water partition coefficient (Wildman–Crippen LogP) is 16.8. The molecule has 0 fully saturated rings. The maximum Gasteiger partial charge on any atom is 0.160 e. The number of nitrogens with zero attached hydrogens (tertiary/aromatic N) is 3. The third kappa shape index (κ3) is 6.38. The Balaban J connectivity index is 0.906. The van der Waals surface area contributed by atoms with Crippen LogP contribution in [-0.4, -0.2) is 15.0 Å². The zero-order valence-corrected chi connectivity index (χ0v) is 37.2. The maximum absolute atomic E-state index is 5.26. The van der Waals surface area contributed by atoms with Crippen molar-refractivity contribution < 1.29 is 0 Å². The Morgan fingerprint density at radius 2 is 0.806 bits per heavy atom. The molecule has 13 rings (SSSR count). The third-order valence-electron chi connectivity index (χ3n) is 14.2. The van der Waals surface area contributed by atoms with Crippen molar-refractivity contribution in [2.45, 2.75) is 19.3 Å². The first kappa shape index (κ1) is 38.9. The molecule has 0 atom stereocenters. The molecule has 3 heteroatoms. The van der Waals surface area contributed by atoms with Gasteiger partial charge in [-0.3, -0.25) is 4.98 Å². The second kappa shape index (κ2) is 15.3. The highest BCUT2D eigenvalue weighted by atomic mass is 14.9. The minimum Gasteiger partial charge on any atom is -0.264 e. The summed E-state index contributed by atoms with van der Waals surface area (Å²) in [7, 11) is 0. The molecule has 0 spiro atoms. The molecule has 1 aliphatic carbocycles. The van der Waals surface area contributed by atoms with E-state index in [0.29, 0.717) is 5.82 Å². The molecule has 3 nitrogen and oxygen atoms in total. The summed E-state index contributed by atoms with van der Waals surface area (Å²) >= 11 is 0. The number of benzene rings is 10. The predicted molar refractivity (Wildman–Crippen MR) is 280 cm³/mol. The van der Waals surface area contributed by atoms with Crippen LogP contribution in [0.15, 0.2) is 225 Å². The van der Waals surface area contributed by atoms with Crippen molar-refractivity contribution in [2.24, 2.45) is 0 Å². The van der Waals surface area contributed by atoms with E-state index in [0.717, 1.165) is 44.8 Å². The normalized spacial score (nSPS) is 12.7. The van der Waals surface area contributed by atoms with Crippen LogP contribution in [0.4, 0.5) is 0 Å². The van der Waals surface area contributed by atoms with Crippen LogP contribution >= 0.6 is 0 Å². The Bertz CT molecular complexity index is 3910. The summed E-state index contributed by atoms with van der Waals surface area (Å²) in [4.78, 5) is 14.8. The summed E-state index contributed by atoms with van der Waals surface area (Å²) in [6.07, 6.45) is 3.70. The van der Waals surface area contributed by atoms with Crippen LogP contribution in [0, 0.1) is 0 Å². The van der Waals surface area contributed by atoms with E-state index >= 15 is 0 Å². The lowest BCUT2D eigenvalue weighted by Gasteiger charge is -2.22. The molecule has 0 saturated carbocycles. The van der Waals surface area contributed by atoms with Crippen LogP contribution < -0.4 is 0 Å². The van der Waals surface area contributed by atoms with Gasteiger partial charge in [0, 0.05) is 34.5 Å². The van der Waals surface area contributed by atoms with E-state index in [2.05, 4.69) is 225 Å². The van der Waals surface area contributed by atoms with Gasteiger partial charge < -0.3 is 0 Å². The third-order valence-corrected chi connectivity index (χ3v) is 14.2. The Morgan fingerprint density at radius 1 is 0.313 bits per heavy atom. The molecular weight excluding hydrogens is 811 g/mol. The lowest BCUT2D eigenvalue weighted by Crippen LogP contribution is -2.14. The van der Waals surface area contributed by atoms with Gasteiger partial charge in [-0.25, -0.2) is 9.97 Å². The molecule has 2 aromatic heterocycles. The van der Waals surface area contributed by atoms with Crippen LogP contribution in [0.2, 0.25) is 0 Å². The molecule has 0 bridgehead atoms. The lowest BCUT2D eigenvalue weighted by atomic mass is 9.81. The van der Waals surface area contributed by atoms with Gasteiger partial charge in [0.25, 0.3) is 0 Å². The molecule has 0 amide bonds. The van der Waals surface area contributed by atoms with Gasteiger partial charge in [0.2, 0.25) is 0 Å². The molecule has 2 heterocycles. The van der Waals surface area contributed by atoms with Gasteiger partial charge in [0.05, 0.1) is 11.4 Å². The summed E-state index contributed by atoms with van der Waals surface area (Å²) < 4.78 is 0. The van der Waals surface area contributed by atoms with E-state index in [1.54, 1.807) is 6.20 Å². The van der Waals surface area contributed by atoms with E-state index < -0.39 is 0 Å². The Hall–Kier alpha value is -8.53. The number of fused-ring (bicyclic) bond motifs is 11. The van der Waals surface area contributed by atoms with Crippen LogP contribution in [0.25, 0.3) is 122 Å². The highest BCUT2D eigenvalue weighted by molar-refractivity contribution is 6.33. The number of hydrogen-bond donors (Lipinski definition) is 0. The van der Waals surface area contributed by atoms with Crippen LogP contribution in [0.3, 0.4) is 0 Å². The van der Waals surface area contributed by atoms with Crippen molar-refractivity contribution in [3.8, 4) is 78.4 Å².